The van der Waals surface area contributed by atoms with Crippen molar-refractivity contribution in [1.29, 1.82) is 0 Å². The molecule has 9 heteroatoms. The zero-order valence-electron chi connectivity index (χ0n) is 18.6. The summed E-state index contributed by atoms with van der Waals surface area (Å²) >= 11 is 0. The number of benzene rings is 4. The number of hydrogen-bond acceptors (Lipinski definition) is 6. The molecule has 34 heavy (non-hydrogen) atoms. The minimum atomic E-state index is -4.58. The molecule has 4 rings (SSSR count). The highest BCUT2D eigenvalue weighted by atomic mass is 32.2. The molecule has 4 aromatic rings. The van der Waals surface area contributed by atoms with E-state index in [1.807, 2.05) is 38.1 Å². The molecule has 0 radical (unpaired) electrons. The lowest BCUT2D eigenvalue weighted by atomic mass is 9.93. The number of non-ortho nitro benzene ring substituents is 1. The Morgan fingerprint density at radius 3 is 2.00 bits per heavy atom. The fraction of sp³-hybridized carbons (Fsp3) is 0.200. The van der Waals surface area contributed by atoms with Gasteiger partial charge in [0.25, 0.3) is 15.8 Å². The van der Waals surface area contributed by atoms with Gasteiger partial charge in [0.15, 0.2) is 0 Å². The van der Waals surface area contributed by atoms with Gasteiger partial charge in [-0.1, -0.05) is 36.4 Å². The van der Waals surface area contributed by atoms with Crippen LogP contribution in [0.2, 0.25) is 0 Å². The second-order valence-electron chi connectivity index (χ2n) is 7.61. The van der Waals surface area contributed by atoms with E-state index >= 15 is 0 Å². The lowest BCUT2D eigenvalue weighted by molar-refractivity contribution is -0.384. The molecule has 0 unspecified atom stereocenters. The summed E-state index contributed by atoms with van der Waals surface area (Å²) in [6.07, 6.45) is 0.0917. The van der Waals surface area contributed by atoms with Crippen molar-refractivity contribution in [1.82, 2.24) is 0 Å². The molecule has 0 bridgehead atoms. The van der Waals surface area contributed by atoms with Crippen LogP contribution in [0.15, 0.2) is 65.6 Å². The maximum absolute atomic E-state index is 12.4. The summed E-state index contributed by atoms with van der Waals surface area (Å²) in [5, 5.41) is 13.8. The molecule has 0 aliphatic carbocycles. The Labute approximate surface area is 196 Å². The zero-order chi connectivity index (χ0) is 24.5. The quantitative estimate of drug-likeness (QED) is 0.152. The van der Waals surface area contributed by atoms with E-state index in [1.165, 1.54) is 18.2 Å². The van der Waals surface area contributed by atoms with Crippen LogP contribution in [0.25, 0.3) is 21.5 Å². The summed E-state index contributed by atoms with van der Waals surface area (Å²) in [6.45, 7) is 4.42. The summed E-state index contributed by atoms with van der Waals surface area (Å²) in [6, 6.07) is 16.3. The van der Waals surface area contributed by atoms with Crippen molar-refractivity contribution in [3.63, 3.8) is 0 Å². The smallest absolute Gasteiger partial charge is 0.294 e. The van der Waals surface area contributed by atoms with Crippen LogP contribution in [0.5, 0.6) is 11.5 Å². The highest BCUT2D eigenvalue weighted by Gasteiger charge is 2.25. The average molecular weight is 482 g/mol. The van der Waals surface area contributed by atoms with E-state index in [0.717, 1.165) is 10.8 Å². The Balaban J connectivity index is 2.11. The minimum absolute atomic E-state index is 0.0729. The zero-order valence-corrected chi connectivity index (χ0v) is 19.5. The third-order valence-corrected chi connectivity index (χ3v) is 6.48. The first-order valence-electron chi connectivity index (χ1n) is 10.7. The van der Waals surface area contributed by atoms with Gasteiger partial charge in [-0.05, 0) is 43.5 Å². The monoisotopic (exact) mass is 481 g/mol. The van der Waals surface area contributed by atoms with Gasteiger partial charge in [0.05, 0.1) is 23.0 Å². The van der Waals surface area contributed by atoms with Crippen molar-refractivity contribution < 1.29 is 27.4 Å². The first kappa shape index (κ1) is 23.5. The molecule has 0 aromatic heterocycles. The largest absolute Gasteiger partial charge is 0.493 e. The fourth-order valence-electron chi connectivity index (χ4n) is 4.19. The van der Waals surface area contributed by atoms with E-state index in [9.17, 15) is 23.1 Å². The molecule has 8 nitrogen and oxygen atoms in total. The predicted molar refractivity (Wildman–Crippen MR) is 130 cm³/mol. The predicted octanol–water partition coefficient (Wildman–Crippen LogP) is 5.54. The van der Waals surface area contributed by atoms with E-state index in [-0.39, 0.29) is 17.0 Å². The van der Waals surface area contributed by atoms with Gasteiger partial charge in [-0.15, -0.1) is 0 Å². The molecular weight excluding hydrogens is 458 g/mol. The highest BCUT2D eigenvalue weighted by Crippen LogP contribution is 2.46. The van der Waals surface area contributed by atoms with Gasteiger partial charge in [-0.25, -0.2) is 0 Å². The van der Waals surface area contributed by atoms with Crippen molar-refractivity contribution in [2.24, 2.45) is 0 Å². The van der Waals surface area contributed by atoms with Gasteiger partial charge in [0.1, 0.15) is 11.5 Å². The van der Waals surface area contributed by atoms with Crippen molar-refractivity contribution in [3.05, 3.63) is 81.9 Å². The number of hydrogen-bond donors (Lipinski definition) is 1. The highest BCUT2D eigenvalue weighted by molar-refractivity contribution is 7.85. The Morgan fingerprint density at radius 1 is 0.853 bits per heavy atom. The van der Waals surface area contributed by atoms with Crippen LogP contribution in [0, 0.1) is 10.1 Å². The number of rotatable bonds is 8. The van der Waals surface area contributed by atoms with E-state index < -0.39 is 15.0 Å². The molecule has 176 valence electrons. The van der Waals surface area contributed by atoms with Gasteiger partial charge in [0.2, 0.25) is 0 Å². The third-order valence-electron chi connectivity index (χ3n) is 5.54. The topological polar surface area (TPSA) is 116 Å². The van der Waals surface area contributed by atoms with Crippen LogP contribution in [0.4, 0.5) is 5.69 Å². The van der Waals surface area contributed by atoms with Gasteiger partial charge in [-0.2, -0.15) is 8.42 Å². The molecule has 0 saturated carbocycles. The van der Waals surface area contributed by atoms with Crippen LogP contribution in [0.1, 0.15) is 25.0 Å². The molecule has 4 aromatic carbocycles. The molecule has 0 heterocycles. The number of nitro benzene ring substituents is 1. The van der Waals surface area contributed by atoms with Gasteiger partial charge in [0, 0.05) is 33.7 Å². The van der Waals surface area contributed by atoms with Gasteiger partial charge in [-0.3, -0.25) is 14.7 Å². The summed E-state index contributed by atoms with van der Waals surface area (Å²) in [4.78, 5) is 10.3. The second kappa shape index (κ2) is 9.28. The molecule has 0 spiro atoms. The first-order chi connectivity index (χ1) is 16.3. The maximum atomic E-state index is 12.4. The molecule has 0 aliphatic rings. The molecule has 0 saturated heterocycles. The van der Waals surface area contributed by atoms with Crippen molar-refractivity contribution in [2.45, 2.75) is 25.2 Å². The molecule has 1 N–H and O–H groups in total. The summed E-state index contributed by atoms with van der Waals surface area (Å²) in [5.74, 6) is 1.07. The normalized spacial score (nSPS) is 11.6. The van der Waals surface area contributed by atoms with E-state index in [4.69, 9.17) is 9.47 Å². The SMILES string of the molecule is CCOc1c2ccccc2c(OCC)c2c(Cc3ccc([N+](=O)[O-])cc3)c(S(=O)(=O)O)ccc12. The first-order valence-corrected chi connectivity index (χ1v) is 12.2. The summed E-state index contributed by atoms with van der Waals surface area (Å²) < 4.78 is 46.8. The lowest BCUT2D eigenvalue weighted by Gasteiger charge is -2.20. The fourth-order valence-corrected chi connectivity index (χ4v) is 4.91. The summed E-state index contributed by atoms with van der Waals surface area (Å²) in [5.41, 5.74) is 0.886. The maximum Gasteiger partial charge on any atom is 0.294 e. The molecular formula is C25H23NO7S. The van der Waals surface area contributed by atoms with Gasteiger partial charge < -0.3 is 9.47 Å². The van der Waals surface area contributed by atoms with Crippen LogP contribution in [0.3, 0.4) is 0 Å². The standard InChI is InChI=1S/C25H23NO7S/c1-3-32-24-18-7-5-6-8-19(18)25(33-4-2)23-20(24)13-14-22(34(29,30)31)21(23)15-16-9-11-17(12-10-16)26(27)28/h5-14H,3-4,15H2,1-2H3,(H,29,30,31). The number of nitro groups is 1. The number of fused-ring (bicyclic) bond motifs is 2. The minimum Gasteiger partial charge on any atom is -0.493 e. The Kier molecular flexibility index (Phi) is 6.41. The van der Waals surface area contributed by atoms with Gasteiger partial charge >= 0.3 is 0 Å². The van der Waals surface area contributed by atoms with Crippen LogP contribution in [-0.4, -0.2) is 31.1 Å². The lowest BCUT2D eigenvalue weighted by Crippen LogP contribution is -2.07. The Hall–Kier alpha value is -3.69. The van der Waals surface area contributed by atoms with Crippen molar-refractivity contribution in [2.75, 3.05) is 13.2 Å². The van der Waals surface area contributed by atoms with E-state index in [2.05, 4.69) is 0 Å². The molecule has 0 atom stereocenters. The van der Waals surface area contributed by atoms with Crippen molar-refractivity contribution >= 4 is 37.4 Å². The summed E-state index contributed by atoms with van der Waals surface area (Å²) in [7, 11) is -4.58. The third kappa shape index (κ3) is 4.27. The Morgan fingerprint density at radius 2 is 1.44 bits per heavy atom. The number of ether oxygens (including phenoxy) is 2. The second-order valence-corrected chi connectivity index (χ2v) is 9.00. The molecule has 0 fully saturated rings. The van der Waals surface area contributed by atoms with Crippen LogP contribution >= 0.6 is 0 Å². The van der Waals surface area contributed by atoms with E-state index in [0.29, 0.717) is 46.6 Å². The molecule has 0 amide bonds. The molecule has 0 aliphatic heterocycles. The van der Waals surface area contributed by atoms with Crippen LogP contribution in [-0.2, 0) is 16.5 Å². The van der Waals surface area contributed by atoms with Crippen LogP contribution < -0.4 is 9.47 Å². The average Bonchev–Trinajstić information content (AvgIpc) is 2.80. The Bertz CT molecular complexity index is 1500. The van der Waals surface area contributed by atoms with E-state index in [1.54, 1.807) is 18.2 Å². The number of nitrogens with zero attached hydrogens (tertiary/aromatic N) is 1. The van der Waals surface area contributed by atoms with Crippen molar-refractivity contribution in [3.8, 4) is 11.5 Å².